The number of benzene rings is 1. The minimum Gasteiger partial charge on any atom is -0.354 e. The zero-order chi connectivity index (χ0) is 17.6. The maximum Gasteiger partial charge on any atom is 0.221 e. The molecular formula is C19H27N5O. The lowest BCUT2D eigenvalue weighted by atomic mass is 9.95. The molecule has 1 aliphatic heterocycles. The normalized spacial score (nSPS) is 15.8. The van der Waals surface area contributed by atoms with Crippen molar-refractivity contribution in [2.45, 2.75) is 45.8 Å². The maximum atomic E-state index is 12.2. The third-order valence-electron chi connectivity index (χ3n) is 4.94. The Morgan fingerprint density at radius 3 is 2.80 bits per heavy atom. The molecule has 0 radical (unpaired) electrons. The Hall–Kier alpha value is -2.21. The Bertz CT molecular complexity index is 683. The second-order valence-corrected chi connectivity index (χ2v) is 7.01. The number of hydrogen-bond acceptors (Lipinski definition) is 4. The Labute approximate surface area is 149 Å². The summed E-state index contributed by atoms with van der Waals surface area (Å²) in [6, 6.07) is 9.02. The molecule has 6 nitrogen and oxygen atoms in total. The van der Waals surface area contributed by atoms with Gasteiger partial charge >= 0.3 is 0 Å². The van der Waals surface area contributed by atoms with E-state index in [9.17, 15) is 4.79 Å². The van der Waals surface area contributed by atoms with E-state index in [1.54, 1.807) is 11.0 Å². The lowest BCUT2D eigenvalue weighted by Gasteiger charge is -2.38. The lowest BCUT2D eigenvalue weighted by Crippen LogP contribution is -2.48. The summed E-state index contributed by atoms with van der Waals surface area (Å²) in [6.45, 7) is 7.73. The molecule has 1 N–H and O–H groups in total. The Morgan fingerprint density at radius 1 is 1.28 bits per heavy atom. The quantitative estimate of drug-likeness (QED) is 0.835. The molecule has 0 saturated heterocycles. The number of carbonyl (C=O) groups excluding carboxylic acids is 1. The van der Waals surface area contributed by atoms with E-state index in [0.29, 0.717) is 31.5 Å². The predicted molar refractivity (Wildman–Crippen MR) is 96.8 cm³/mol. The van der Waals surface area contributed by atoms with Gasteiger partial charge in [0.05, 0.1) is 6.54 Å². The van der Waals surface area contributed by atoms with Crippen molar-refractivity contribution in [2.75, 3.05) is 13.1 Å². The topological polar surface area (TPSA) is 63.1 Å². The van der Waals surface area contributed by atoms with Crippen molar-refractivity contribution in [3.05, 3.63) is 48.0 Å². The van der Waals surface area contributed by atoms with Gasteiger partial charge in [-0.05, 0) is 23.5 Å². The molecule has 0 bridgehead atoms. The van der Waals surface area contributed by atoms with Gasteiger partial charge in [-0.15, -0.1) is 0 Å². The van der Waals surface area contributed by atoms with Crippen LogP contribution in [0.5, 0.6) is 0 Å². The molecule has 2 heterocycles. The highest BCUT2D eigenvalue weighted by Crippen LogP contribution is 2.22. The molecule has 0 unspecified atom stereocenters. The van der Waals surface area contributed by atoms with Crippen molar-refractivity contribution in [2.24, 2.45) is 5.92 Å². The minimum atomic E-state index is 0.0681. The number of rotatable bonds is 7. The summed E-state index contributed by atoms with van der Waals surface area (Å²) in [5.41, 5.74) is 2.87. The number of fused-ring (bicyclic) bond motifs is 1. The summed E-state index contributed by atoms with van der Waals surface area (Å²) in [5, 5.41) is 7.13. The van der Waals surface area contributed by atoms with Crippen LogP contribution < -0.4 is 5.32 Å². The monoisotopic (exact) mass is 341 g/mol. The standard InChI is InChI=1S/C19H27N5O/c1-15(2)18(11-21-19(25)8-10-24-14-20-13-22-24)23-9-7-16-5-3-4-6-17(16)12-23/h3-6,13-15,18H,7-12H2,1-2H3,(H,21,25)/t18-/m1/s1. The first-order chi connectivity index (χ1) is 12.1. The molecule has 25 heavy (non-hydrogen) atoms. The molecular weight excluding hydrogens is 314 g/mol. The van der Waals surface area contributed by atoms with Gasteiger partial charge in [0.25, 0.3) is 0 Å². The Morgan fingerprint density at radius 2 is 2.08 bits per heavy atom. The number of nitrogens with one attached hydrogen (secondary N) is 1. The van der Waals surface area contributed by atoms with E-state index in [1.165, 1.54) is 17.5 Å². The van der Waals surface area contributed by atoms with E-state index in [0.717, 1.165) is 19.5 Å². The number of carbonyl (C=O) groups is 1. The van der Waals surface area contributed by atoms with E-state index in [4.69, 9.17) is 0 Å². The molecule has 6 heteroatoms. The van der Waals surface area contributed by atoms with Crippen LogP contribution in [0.2, 0.25) is 0 Å². The first kappa shape index (κ1) is 17.6. The highest BCUT2D eigenvalue weighted by atomic mass is 16.1. The van der Waals surface area contributed by atoms with E-state index >= 15 is 0 Å². The van der Waals surface area contributed by atoms with Crippen LogP contribution in [0.4, 0.5) is 0 Å². The van der Waals surface area contributed by atoms with Crippen LogP contribution in [0.1, 0.15) is 31.4 Å². The van der Waals surface area contributed by atoms with Gasteiger partial charge in [-0.3, -0.25) is 14.4 Å². The van der Waals surface area contributed by atoms with Crippen molar-refractivity contribution in [1.82, 2.24) is 25.0 Å². The first-order valence-corrected chi connectivity index (χ1v) is 9.03. The van der Waals surface area contributed by atoms with E-state index < -0.39 is 0 Å². The van der Waals surface area contributed by atoms with Crippen LogP contribution in [0.25, 0.3) is 0 Å². The molecule has 0 fully saturated rings. The van der Waals surface area contributed by atoms with Gasteiger partial charge in [0, 0.05) is 32.1 Å². The minimum absolute atomic E-state index is 0.0681. The maximum absolute atomic E-state index is 12.2. The molecule has 0 saturated carbocycles. The fourth-order valence-electron chi connectivity index (χ4n) is 3.46. The van der Waals surface area contributed by atoms with Crippen molar-refractivity contribution in [3.8, 4) is 0 Å². The van der Waals surface area contributed by atoms with Gasteiger partial charge in [0.15, 0.2) is 0 Å². The van der Waals surface area contributed by atoms with Crippen LogP contribution >= 0.6 is 0 Å². The van der Waals surface area contributed by atoms with Crippen LogP contribution in [0.3, 0.4) is 0 Å². The van der Waals surface area contributed by atoms with Gasteiger partial charge in [-0.25, -0.2) is 4.98 Å². The molecule has 1 aromatic heterocycles. The second kappa shape index (κ2) is 8.25. The van der Waals surface area contributed by atoms with Crippen LogP contribution in [-0.2, 0) is 24.3 Å². The van der Waals surface area contributed by atoms with E-state index in [2.05, 4.69) is 58.4 Å². The smallest absolute Gasteiger partial charge is 0.221 e. The highest BCUT2D eigenvalue weighted by Gasteiger charge is 2.25. The summed E-state index contributed by atoms with van der Waals surface area (Å²) in [4.78, 5) is 18.6. The van der Waals surface area contributed by atoms with Gasteiger partial charge in [0.1, 0.15) is 12.7 Å². The average Bonchev–Trinajstić information content (AvgIpc) is 3.13. The third-order valence-corrected chi connectivity index (χ3v) is 4.94. The Balaban J connectivity index is 1.52. The van der Waals surface area contributed by atoms with Crippen LogP contribution in [0, 0.1) is 5.92 Å². The van der Waals surface area contributed by atoms with Gasteiger partial charge in [-0.2, -0.15) is 5.10 Å². The van der Waals surface area contributed by atoms with Gasteiger partial charge < -0.3 is 5.32 Å². The molecule has 1 aliphatic rings. The second-order valence-electron chi connectivity index (χ2n) is 7.01. The van der Waals surface area contributed by atoms with Crippen molar-refractivity contribution in [1.29, 1.82) is 0 Å². The average molecular weight is 341 g/mol. The number of hydrogen-bond donors (Lipinski definition) is 1. The zero-order valence-electron chi connectivity index (χ0n) is 15.1. The first-order valence-electron chi connectivity index (χ1n) is 9.03. The van der Waals surface area contributed by atoms with E-state index in [1.807, 2.05) is 0 Å². The number of aromatic nitrogens is 3. The van der Waals surface area contributed by atoms with Crippen molar-refractivity contribution in [3.63, 3.8) is 0 Å². The van der Waals surface area contributed by atoms with Gasteiger partial charge in [-0.1, -0.05) is 38.1 Å². The van der Waals surface area contributed by atoms with Crippen LogP contribution in [0.15, 0.2) is 36.9 Å². The molecule has 1 atom stereocenters. The van der Waals surface area contributed by atoms with E-state index in [-0.39, 0.29) is 5.91 Å². The summed E-state index contributed by atoms with van der Waals surface area (Å²) < 4.78 is 1.68. The largest absolute Gasteiger partial charge is 0.354 e. The highest BCUT2D eigenvalue weighted by molar-refractivity contribution is 5.75. The molecule has 0 aliphatic carbocycles. The third kappa shape index (κ3) is 4.66. The SMILES string of the molecule is CC(C)[C@@H](CNC(=O)CCn1cncn1)N1CCc2ccccc2C1. The van der Waals surface area contributed by atoms with Crippen LogP contribution in [-0.4, -0.2) is 44.7 Å². The number of nitrogens with zero attached hydrogens (tertiary/aromatic N) is 4. The number of amides is 1. The summed E-state index contributed by atoms with van der Waals surface area (Å²) >= 11 is 0. The molecule has 3 rings (SSSR count). The fourth-order valence-corrected chi connectivity index (χ4v) is 3.46. The summed E-state index contributed by atoms with van der Waals surface area (Å²) in [7, 11) is 0. The molecule has 2 aromatic rings. The summed E-state index contributed by atoms with van der Waals surface area (Å²) in [5.74, 6) is 0.555. The predicted octanol–water partition coefficient (Wildman–Crippen LogP) is 1.87. The number of aryl methyl sites for hydroxylation is 1. The van der Waals surface area contributed by atoms with Crippen molar-refractivity contribution < 1.29 is 4.79 Å². The molecule has 134 valence electrons. The van der Waals surface area contributed by atoms with Crippen molar-refractivity contribution >= 4 is 5.91 Å². The lowest BCUT2D eigenvalue weighted by molar-refractivity contribution is -0.121. The zero-order valence-corrected chi connectivity index (χ0v) is 15.1. The Kier molecular flexibility index (Phi) is 5.81. The fraction of sp³-hybridized carbons (Fsp3) is 0.526. The van der Waals surface area contributed by atoms with Gasteiger partial charge in [0.2, 0.25) is 5.91 Å². The summed E-state index contributed by atoms with van der Waals surface area (Å²) in [6.07, 6.45) is 4.63. The molecule has 0 spiro atoms. The molecule has 1 aromatic carbocycles. The molecule has 1 amide bonds.